The van der Waals surface area contributed by atoms with Gasteiger partial charge in [-0.3, -0.25) is 14.6 Å². The highest BCUT2D eigenvalue weighted by Crippen LogP contribution is 2.30. The van der Waals surface area contributed by atoms with E-state index in [0.29, 0.717) is 22.8 Å². The lowest BCUT2D eigenvalue weighted by Crippen LogP contribution is -2.50. The number of nitrogens with zero attached hydrogens (tertiary/aromatic N) is 2. The largest absolute Gasteiger partial charge is 0.379 e. The van der Waals surface area contributed by atoms with E-state index in [1.165, 1.54) is 11.0 Å². The van der Waals surface area contributed by atoms with E-state index < -0.39 is 5.54 Å². The van der Waals surface area contributed by atoms with Crippen molar-refractivity contribution < 1.29 is 9.59 Å². The average Bonchev–Trinajstić information content (AvgIpc) is 2.63. The molecule has 1 atom stereocenters. The Labute approximate surface area is 164 Å². The van der Waals surface area contributed by atoms with Gasteiger partial charge in [0, 0.05) is 29.9 Å². The van der Waals surface area contributed by atoms with E-state index in [4.69, 9.17) is 17.3 Å². The number of amidine groups is 1. The van der Waals surface area contributed by atoms with Gasteiger partial charge in [-0.15, -0.1) is 0 Å². The number of hydrogen-bond donors (Lipinski definition) is 2. The maximum absolute atomic E-state index is 12.3. The average molecular weight is 387 g/mol. The quantitative estimate of drug-likeness (QED) is 0.602. The van der Waals surface area contributed by atoms with Crippen molar-refractivity contribution in [2.45, 2.75) is 19.4 Å². The molecule has 27 heavy (non-hydrogen) atoms. The number of carbonyl (C=O) groups excluding carboxylic acids is 2. The Morgan fingerprint density at radius 3 is 2.78 bits per heavy atom. The first-order valence-corrected chi connectivity index (χ1v) is 8.73. The highest BCUT2D eigenvalue weighted by molar-refractivity contribution is 6.37. The molecule has 2 rings (SSSR count). The minimum absolute atomic E-state index is 0.0228. The number of allylic oxidation sites excluding steroid dienone is 4. The molecule has 0 spiro atoms. The number of hydrogen-bond acceptors (Lipinski definition) is 4. The number of likely N-dealkylation sites (N-methyl/N-ethyl adjacent to an activating group) is 1. The highest BCUT2D eigenvalue weighted by Gasteiger charge is 2.35. The first-order chi connectivity index (χ1) is 12.7. The van der Waals surface area contributed by atoms with Crippen molar-refractivity contribution in [3.63, 3.8) is 0 Å². The lowest BCUT2D eigenvalue weighted by atomic mass is 9.90. The molecule has 1 aliphatic heterocycles. The molecular formula is C20H23ClN4O2. The summed E-state index contributed by atoms with van der Waals surface area (Å²) in [6.07, 6.45) is 4.72. The molecule has 6 nitrogen and oxygen atoms in total. The topological polar surface area (TPSA) is 87.8 Å². The van der Waals surface area contributed by atoms with Crippen molar-refractivity contribution in [3.8, 4) is 0 Å². The summed E-state index contributed by atoms with van der Waals surface area (Å²) < 4.78 is 0. The van der Waals surface area contributed by atoms with Gasteiger partial charge in [0.2, 0.25) is 0 Å². The molecule has 0 aliphatic carbocycles. The molecule has 0 bridgehead atoms. The van der Waals surface area contributed by atoms with Crippen molar-refractivity contribution in [3.05, 3.63) is 65.2 Å². The van der Waals surface area contributed by atoms with Crippen molar-refractivity contribution >= 4 is 34.9 Å². The van der Waals surface area contributed by atoms with Crippen LogP contribution in [0.2, 0.25) is 0 Å². The van der Waals surface area contributed by atoms with Gasteiger partial charge in [0.25, 0.3) is 11.8 Å². The minimum atomic E-state index is -0.682. The van der Waals surface area contributed by atoms with E-state index in [0.717, 1.165) is 5.56 Å². The molecule has 0 aromatic heterocycles. The standard InChI is InChI=1S/C20H23ClN4O2/c1-5-15(21)10-9-13(2)18(26)23-16-8-6-7-14(11-16)20(3)12-25(4)19(27)17(22)24-20/h5-11H,1,12H2,2-4H3,(H2,22,24)(H,23,26)/b13-9+,15-10+. The molecule has 1 unspecified atom stereocenters. The summed E-state index contributed by atoms with van der Waals surface area (Å²) in [4.78, 5) is 30.1. The third-order valence-corrected chi connectivity index (χ3v) is 4.55. The van der Waals surface area contributed by atoms with Crippen molar-refractivity contribution in [1.29, 1.82) is 0 Å². The molecule has 3 N–H and O–H groups in total. The van der Waals surface area contributed by atoms with Gasteiger partial charge < -0.3 is 16.0 Å². The van der Waals surface area contributed by atoms with Crippen LogP contribution in [0.25, 0.3) is 0 Å². The number of halogens is 1. The number of aliphatic imine (C=N–C) groups is 1. The van der Waals surface area contributed by atoms with Crippen molar-refractivity contribution in [2.75, 3.05) is 18.9 Å². The van der Waals surface area contributed by atoms with Gasteiger partial charge in [0.15, 0.2) is 5.84 Å². The van der Waals surface area contributed by atoms with Crippen LogP contribution < -0.4 is 11.1 Å². The predicted molar refractivity (Wildman–Crippen MR) is 110 cm³/mol. The third-order valence-electron chi connectivity index (χ3n) is 4.27. The van der Waals surface area contributed by atoms with E-state index >= 15 is 0 Å². The maximum Gasteiger partial charge on any atom is 0.288 e. The molecule has 142 valence electrons. The molecule has 0 fully saturated rings. The van der Waals surface area contributed by atoms with E-state index in [9.17, 15) is 9.59 Å². The van der Waals surface area contributed by atoms with Gasteiger partial charge in [-0.2, -0.15) is 0 Å². The fourth-order valence-electron chi connectivity index (χ4n) is 2.74. The summed E-state index contributed by atoms with van der Waals surface area (Å²) in [7, 11) is 1.68. The molecule has 2 amide bonds. The summed E-state index contributed by atoms with van der Waals surface area (Å²) in [6, 6.07) is 7.34. The lowest BCUT2D eigenvalue weighted by molar-refractivity contribution is -0.124. The number of amides is 2. The summed E-state index contributed by atoms with van der Waals surface area (Å²) in [5.74, 6) is -0.560. The van der Waals surface area contributed by atoms with Crippen molar-refractivity contribution in [1.82, 2.24) is 4.90 Å². The fourth-order valence-corrected chi connectivity index (χ4v) is 2.81. The van der Waals surface area contributed by atoms with Crippen LogP contribution in [-0.4, -0.2) is 36.1 Å². The van der Waals surface area contributed by atoms with E-state index in [1.807, 2.05) is 25.1 Å². The van der Waals surface area contributed by atoms with Crippen LogP contribution in [0, 0.1) is 0 Å². The van der Waals surface area contributed by atoms with E-state index in [2.05, 4.69) is 16.9 Å². The molecule has 7 heteroatoms. The van der Waals surface area contributed by atoms with Crippen LogP contribution in [0.3, 0.4) is 0 Å². The third kappa shape index (κ3) is 4.86. The Bertz CT molecular complexity index is 872. The monoisotopic (exact) mass is 386 g/mol. The number of rotatable bonds is 5. The molecule has 1 aromatic carbocycles. The molecule has 0 saturated carbocycles. The molecule has 1 heterocycles. The van der Waals surface area contributed by atoms with E-state index in [1.54, 1.807) is 32.2 Å². The second kappa shape index (κ2) is 8.22. The maximum atomic E-state index is 12.3. The zero-order chi connectivity index (χ0) is 20.2. The van der Waals surface area contributed by atoms with Gasteiger partial charge in [0.05, 0.1) is 0 Å². The Morgan fingerprint density at radius 1 is 1.44 bits per heavy atom. The number of anilines is 1. The molecule has 0 radical (unpaired) electrons. The van der Waals surface area contributed by atoms with Gasteiger partial charge in [-0.25, -0.2) is 0 Å². The Morgan fingerprint density at radius 2 is 2.15 bits per heavy atom. The Hall–Kier alpha value is -2.86. The zero-order valence-electron chi connectivity index (χ0n) is 15.6. The number of nitrogens with two attached hydrogens (primary N) is 1. The molecule has 0 saturated heterocycles. The van der Waals surface area contributed by atoms with Crippen LogP contribution in [-0.2, 0) is 15.1 Å². The first-order valence-electron chi connectivity index (χ1n) is 8.35. The van der Waals surface area contributed by atoms with Gasteiger partial charge in [-0.05, 0) is 37.6 Å². The summed E-state index contributed by atoms with van der Waals surface area (Å²) in [6.45, 7) is 7.54. The molecule has 1 aromatic rings. The summed E-state index contributed by atoms with van der Waals surface area (Å²) in [5.41, 5.74) is 7.05. The second-order valence-corrected chi connectivity index (χ2v) is 7.01. The molecule has 1 aliphatic rings. The van der Waals surface area contributed by atoms with Crippen LogP contribution in [0.1, 0.15) is 19.4 Å². The lowest BCUT2D eigenvalue weighted by Gasteiger charge is -2.35. The number of carbonyl (C=O) groups is 2. The van der Waals surface area contributed by atoms with Crippen LogP contribution in [0.15, 0.2) is 64.7 Å². The number of benzene rings is 1. The summed E-state index contributed by atoms with van der Waals surface area (Å²) >= 11 is 5.85. The fraction of sp³-hybridized carbons (Fsp3) is 0.250. The van der Waals surface area contributed by atoms with Crippen LogP contribution in [0.5, 0.6) is 0 Å². The van der Waals surface area contributed by atoms with Gasteiger partial charge >= 0.3 is 0 Å². The summed E-state index contributed by atoms with van der Waals surface area (Å²) in [5, 5.41) is 3.29. The molecular weight excluding hydrogens is 364 g/mol. The SMILES string of the molecule is C=C/C(Cl)=C\C=C(/C)C(=O)Nc1cccc(C2(C)CN(C)C(=O)C(N)=N2)c1. The predicted octanol–water partition coefficient (Wildman–Crippen LogP) is 2.92. The van der Waals surface area contributed by atoms with Gasteiger partial charge in [0.1, 0.15) is 5.54 Å². The normalized spacial score (nSPS) is 21.0. The van der Waals surface area contributed by atoms with Gasteiger partial charge in [-0.1, -0.05) is 42.5 Å². The van der Waals surface area contributed by atoms with Crippen LogP contribution in [0.4, 0.5) is 5.69 Å². The zero-order valence-corrected chi connectivity index (χ0v) is 16.4. The Kier molecular flexibility index (Phi) is 6.23. The van der Waals surface area contributed by atoms with Crippen LogP contribution >= 0.6 is 11.6 Å². The van der Waals surface area contributed by atoms with Crippen molar-refractivity contribution in [2.24, 2.45) is 10.7 Å². The second-order valence-electron chi connectivity index (χ2n) is 6.57. The smallest absolute Gasteiger partial charge is 0.288 e. The highest BCUT2D eigenvalue weighted by atomic mass is 35.5. The number of nitrogens with one attached hydrogen (secondary N) is 1. The Balaban J connectivity index is 2.24. The minimum Gasteiger partial charge on any atom is -0.379 e. The first kappa shape index (κ1) is 20.5. The van der Waals surface area contributed by atoms with E-state index in [-0.39, 0.29) is 17.6 Å².